The second-order valence-corrected chi connectivity index (χ2v) is 6.06. The molecule has 4 N–H and O–H groups in total. The van der Waals surface area contributed by atoms with Gasteiger partial charge in [0.1, 0.15) is 11.9 Å². The van der Waals surface area contributed by atoms with E-state index in [9.17, 15) is 30.4 Å². The van der Waals surface area contributed by atoms with Crippen LogP contribution in [0, 0.1) is 0 Å². The number of hydrogen-bond acceptors (Lipinski definition) is 3. The minimum atomic E-state index is -4.79. The zero-order valence-electron chi connectivity index (χ0n) is 11.5. The molecule has 0 saturated carbocycles. The molecule has 0 aromatic carbocycles. The molecular weight excluding hydrogens is 321 g/mol. The Bertz CT molecular complexity index is 358. The second kappa shape index (κ2) is 11.1. The molecule has 0 heterocycles. The molecular formula is C11H22F5NO3S. The summed E-state index contributed by atoms with van der Waals surface area (Å²) in [5.74, 6) is -1.61. The molecule has 0 saturated heterocycles. The van der Waals surface area contributed by atoms with Crippen molar-refractivity contribution < 1.29 is 34.9 Å². The molecule has 130 valence electrons. The van der Waals surface area contributed by atoms with E-state index >= 15 is 0 Å². The monoisotopic (exact) mass is 343 g/mol. The maximum absolute atomic E-state index is 13.3. The van der Waals surface area contributed by atoms with Crippen LogP contribution in [0.25, 0.3) is 0 Å². The van der Waals surface area contributed by atoms with Crippen LogP contribution in [0.2, 0.25) is 0 Å². The van der Waals surface area contributed by atoms with E-state index in [1.54, 1.807) is 0 Å². The third kappa shape index (κ3) is 10.8. The lowest BCUT2D eigenvalue weighted by molar-refractivity contribution is 0.0354. The fraction of sp³-hybridized carbons (Fsp3) is 1.00. The number of rotatable bonds is 11. The average molecular weight is 343 g/mol. The van der Waals surface area contributed by atoms with Gasteiger partial charge in [-0.2, -0.15) is 8.42 Å². The number of alkyl halides is 5. The van der Waals surface area contributed by atoms with Crippen molar-refractivity contribution in [2.75, 3.05) is 12.4 Å². The third-order valence-electron chi connectivity index (χ3n) is 2.73. The van der Waals surface area contributed by atoms with Gasteiger partial charge >= 0.3 is 0 Å². The first kappa shape index (κ1) is 22.8. The van der Waals surface area contributed by atoms with Crippen LogP contribution >= 0.6 is 0 Å². The molecule has 0 aliphatic rings. The van der Waals surface area contributed by atoms with Gasteiger partial charge in [-0.05, 0) is 12.8 Å². The van der Waals surface area contributed by atoms with Gasteiger partial charge in [0.15, 0.2) is 18.5 Å². The van der Waals surface area contributed by atoms with Gasteiger partial charge in [-0.25, -0.2) is 17.6 Å². The van der Waals surface area contributed by atoms with E-state index in [4.69, 9.17) is 4.55 Å². The van der Waals surface area contributed by atoms with Crippen LogP contribution in [-0.4, -0.2) is 50.1 Å². The molecule has 21 heavy (non-hydrogen) atoms. The summed E-state index contributed by atoms with van der Waals surface area (Å²) in [5.41, 5.74) is 0. The highest BCUT2D eigenvalue weighted by molar-refractivity contribution is 7.85. The Morgan fingerprint density at radius 3 is 1.81 bits per heavy atom. The van der Waals surface area contributed by atoms with Crippen LogP contribution in [0.3, 0.4) is 0 Å². The van der Waals surface area contributed by atoms with Gasteiger partial charge in [0, 0.05) is 0 Å². The summed E-state index contributed by atoms with van der Waals surface area (Å²) in [5, 5.41) is 0. The first-order valence-electron chi connectivity index (χ1n) is 6.26. The Kier molecular flexibility index (Phi) is 12.1. The molecule has 0 spiro atoms. The molecule has 0 aromatic rings. The molecule has 4 atom stereocenters. The van der Waals surface area contributed by atoms with Gasteiger partial charge < -0.3 is 6.15 Å². The highest BCUT2D eigenvalue weighted by Crippen LogP contribution is 2.22. The lowest BCUT2D eigenvalue weighted by Crippen LogP contribution is -2.38. The molecule has 4 nitrogen and oxygen atoms in total. The van der Waals surface area contributed by atoms with Crippen LogP contribution < -0.4 is 6.15 Å². The van der Waals surface area contributed by atoms with E-state index in [1.807, 2.05) is 0 Å². The number of unbranched alkanes of at least 4 members (excludes halogenated alkanes) is 3. The van der Waals surface area contributed by atoms with E-state index in [-0.39, 0.29) is 19.0 Å². The summed E-state index contributed by atoms with van der Waals surface area (Å²) in [6, 6.07) is 0. The number of hydrogen-bond donors (Lipinski definition) is 2. The fourth-order valence-electron chi connectivity index (χ4n) is 1.64. The number of halogens is 5. The molecule has 0 amide bonds. The van der Waals surface area contributed by atoms with Gasteiger partial charge in [-0.1, -0.05) is 19.3 Å². The molecule has 4 unspecified atom stereocenters. The van der Waals surface area contributed by atoms with E-state index < -0.39 is 47.2 Å². The average Bonchev–Trinajstić information content (AvgIpc) is 2.34. The normalized spacial score (nSPS) is 17.6. The molecule has 0 fully saturated rings. The smallest absolute Gasteiger partial charge is 0.267 e. The van der Waals surface area contributed by atoms with Gasteiger partial charge in [0.2, 0.25) is 0 Å². The summed E-state index contributed by atoms with van der Waals surface area (Å²) >= 11 is 0. The zero-order chi connectivity index (χ0) is 15.8. The minimum absolute atomic E-state index is 0. The molecule has 0 aromatic heterocycles. The van der Waals surface area contributed by atoms with Crippen LogP contribution in [0.5, 0.6) is 0 Å². The fourth-order valence-corrected chi connectivity index (χ4v) is 2.22. The maximum Gasteiger partial charge on any atom is 0.267 e. The van der Waals surface area contributed by atoms with Gasteiger partial charge in [0.05, 0.1) is 6.67 Å². The Morgan fingerprint density at radius 1 is 0.857 bits per heavy atom. The predicted molar refractivity (Wildman–Crippen MR) is 70.1 cm³/mol. The highest BCUT2D eigenvalue weighted by Gasteiger charge is 2.37. The van der Waals surface area contributed by atoms with Crippen molar-refractivity contribution in [3.63, 3.8) is 0 Å². The van der Waals surface area contributed by atoms with Crippen LogP contribution in [-0.2, 0) is 10.1 Å². The molecule has 0 radical (unpaired) electrons. The Morgan fingerprint density at radius 2 is 1.33 bits per heavy atom. The van der Waals surface area contributed by atoms with Crippen molar-refractivity contribution in [2.45, 2.75) is 56.8 Å². The Hall–Kier alpha value is -0.480. The standard InChI is InChI=1S/C11H19F5O3S.H3N/c12-6-4-2-1-3-5-8(13)10(15)11(16)9(14)7-20(17,18)19;/h8-11H,1-7H2,(H,17,18,19);1H3. The van der Waals surface area contributed by atoms with E-state index in [2.05, 4.69) is 0 Å². The largest absolute Gasteiger partial charge is 0.344 e. The topological polar surface area (TPSA) is 89.4 Å². The summed E-state index contributed by atoms with van der Waals surface area (Å²) in [4.78, 5) is 0. The molecule has 0 bridgehead atoms. The van der Waals surface area contributed by atoms with Crippen molar-refractivity contribution in [3.05, 3.63) is 0 Å². The minimum Gasteiger partial charge on any atom is -0.344 e. The van der Waals surface area contributed by atoms with E-state index in [0.717, 1.165) is 0 Å². The van der Waals surface area contributed by atoms with Crippen molar-refractivity contribution >= 4 is 10.1 Å². The van der Waals surface area contributed by atoms with Crippen molar-refractivity contribution in [1.82, 2.24) is 6.15 Å². The van der Waals surface area contributed by atoms with Crippen LogP contribution in [0.1, 0.15) is 32.1 Å². The Labute approximate surface area is 121 Å². The van der Waals surface area contributed by atoms with Crippen molar-refractivity contribution in [2.24, 2.45) is 0 Å². The molecule has 0 aliphatic heterocycles. The SMILES string of the molecule is N.O=S(=O)(O)CC(F)C(F)C(F)C(F)CCCCCCF. The molecule has 0 rings (SSSR count). The Balaban J connectivity index is 0. The van der Waals surface area contributed by atoms with Crippen molar-refractivity contribution in [1.29, 1.82) is 0 Å². The second-order valence-electron chi connectivity index (χ2n) is 4.56. The zero-order valence-corrected chi connectivity index (χ0v) is 12.3. The summed E-state index contributed by atoms with van der Waals surface area (Å²) in [7, 11) is -4.79. The first-order chi connectivity index (χ1) is 9.19. The molecule has 10 heteroatoms. The quantitative estimate of drug-likeness (QED) is 0.342. The summed E-state index contributed by atoms with van der Waals surface area (Å²) < 4.78 is 93.4. The van der Waals surface area contributed by atoms with Gasteiger partial charge in [-0.15, -0.1) is 0 Å². The van der Waals surface area contributed by atoms with Gasteiger partial charge in [-0.3, -0.25) is 8.94 Å². The first-order valence-corrected chi connectivity index (χ1v) is 7.87. The third-order valence-corrected chi connectivity index (χ3v) is 3.47. The molecule has 0 aliphatic carbocycles. The van der Waals surface area contributed by atoms with Crippen molar-refractivity contribution in [3.8, 4) is 0 Å². The lowest BCUT2D eigenvalue weighted by Gasteiger charge is -2.19. The van der Waals surface area contributed by atoms with Gasteiger partial charge in [0.25, 0.3) is 10.1 Å². The van der Waals surface area contributed by atoms with E-state index in [1.165, 1.54) is 0 Å². The predicted octanol–water partition coefficient (Wildman–Crippen LogP) is 3.31. The summed E-state index contributed by atoms with van der Waals surface area (Å²) in [6.45, 7) is -0.503. The highest BCUT2D eigenvalue weighted by atomic mass is 32.2. The maximum atomic E-state index is 13.3. The van der Waals surface area contributed by atoms with Crippen LogP contribution in [0.15, 0.2) is 0 Å². The lowest BCUT2D eigenvalue weighted by atomic mass is 10.0. The van der Waals surface area contributed by atoms with Crippen LogP contribution in [0.4, 0.5) is 22.0 Å². The van der Waals surface area contributed by atoms with E-state index in [0.29, 0.717) is 19.3 Å². The summed E-state index contributed by atoms with van der Waals surface area (Å²) in [6.07, 6.45) is -9.77.